The van der Waals surface area contributed by atoms with Gasteiger partial charge < -0.3 is 5.73 Å². The fourth-order valence-corrected chi connectivity index (χ4v) is 3.77. The highest BCUT2D eigenvalue weighted by Gasteiger charge is 2.45. The van der Waals surface area contributed by atoms with Gasteiger partial charge in [-0.3, -0.25) is 29.4 Å². The second kappa shape index (κ2) is 7.01. The second-order valence-corrected chi connectivity index (χ2v) is 6.91. The van der Waals surface area contributed by atoms with Gasteiger partial charge in [0.1, 0.15) is 6.04 Å². The van der Waals surface area contributed by atoms with Crippen molar-refractivity contribution in [3.8, 4) is 11.1 Å². The molecular weight excluding hydrogens is 358 g/mol. The molecular formula is C21H19N3O4. The molecule has 0 spiro atoms. The molecule has 142 valence electrons. The number of carbonyl (C=O) groups is 4. The van der Waals surface area contributed by atoms with Gasteiger partial charge >= 0.3 is 0 Å². The molecule has 3 N–H and O–H groups in total. The van der Waals surface area contributed by atoms with E-state index in [-0.39, 0.29) is 18.4 Å². The van der Waals surface area contributed by atoms with E-state index in [4.69, 9.17) is 5.73 Å². The summed E-state index contributed by atoms with van der Waals surface area (Å²) in [4.78, 5) is 50.6. The van der Waals surface area contributed by atoms with Crippen molar-refractivity contribution >= 4 is 23.6 Å². The summed E-state index contributed by atoms with van der Waals surface area (Å²) in [6.07, 6.45) is 0.992. The molecule has 2 heterocycles. The first-order valence-corrected chi connectivity index (χ1v) is 9.15. The van der Waals surface area contributed by atoms with Crippen LogP contribution in [0.25, 0.3) is 11.1 Å². The molecule has 0 saturated carbocycles. The standard InChI is InChI=1S/C21H19N3O4/c22-11-10-12-4-6-13(7-5-12)14-2-1-3-15-18(14)21(28)24(20(15)27)16-8-9-17(25)23-19(16)26/h1-7,16H,8-11,22H2,(H,23,25,26). The fraction of sp³-hybridized carbons (Fsp3) is 0.238. The minimum absolute atomic E-state index is 0.0965. The Morgan fingerprint density at radius 3 is 2.36 bits per heavy atom. The van der Waals surface area contributed by atoms with Crippen LogP contribution in [0.2, 0.25) is 0 Å². The van der Waals surface area contributed by atoms with Crippen LogP contribution < -0.4 is 11.1 Å². The highest BCUT2D eigenvalue weighted by Crippen LogP contribution is 2.34. The Bertz CT molecular complexity index is 997. The summed E-state index contributed by atoms with van der Waals surface area (Å²) in [6, 6.07) is 11.8. The van der Waals surface area contributed by atoms with Crippen LogP contribution in [0.4, 0.5) is 0 Å². The summed E-state index contributed by atoms with van der Waals surface area (Å²) in [5, 5.41) is 2.20. The maximum absolute atomic E-state index is 13.1. The van der Waals surface area contributed by atoms with E-state index in [0.717, 1.165) is 22.4 Å². The number of piperidine rings is 1. The molecule has 1 unspecified atom stereocenters. The number of nitrogens with two attached hydrogens (primary N) is 1. The summed E-state index contributed by atoms with van der Waals surface area (Å²) < 4.78 is 0. The Morgan fingerprint density at radius 1 is 0.964 bits per heavy atom. The van der Waals surface area contributed by atoms with E-state index in [0.29, 0.717) is 17.7 Å². The van der Waals surface area contributed by atoms with Gasteiger partial charge in [-0.25, -0.2) is 0 Å². The van der Waals surface area contributed by atoms with Gasteiger partial charge in [-0.2, -0.15) is 0 Å². The van der Waals surface area contributed by atoms with Crippen molar-refractivity contribution in [1.29, 1.82) is 0 Å². The maximum Gasteiger partial charge on any atom is 0.262 e. The van der Waals surface area contributed by atoms with Gasteiger partial charge in [-0.15, -0.1) is 0 Å². The van der Waals surface area contributed by atoms with Gasteiger partial charge in [0, 0.05) is 6.42 Å². The van der Waals surface area contributed by atoms with Crippen LogP contribution >= 0.6 is 0 Å². The summed E-state index contributed by atoms with van der Waals surface area (Å²) >= 11 is 0. The van der Waals surface area contributed by atoms with Crippen molar-refractivity contribution in [1.82, 2.24) is 10.2 Å². The quantitative estimate of drug-likeness (QED) is 0.780. The second-order valence-electron chi connectivity index (χ2n) is 6.91. The topological polar surface area (TPSA) is 110 Å². The predicted molar refractivity (Wildman–Crippen MR) is 101 cm³/mol. The largest absolute Gasteiger partial charge is 0.330 e. The minimum atomic E-state index is -0.968. The van der Waals surface area contributed by atoms with Gasteiger partial charge in [0.25, 0.3) is 11.8 Å². The van der Waals surface area contributed by atoms with E-state index in [1.54, 1.807) is 18.2 Å². The Labute approximate surface area is 161 Å². The predicted octanol–water partition coefficient (Wildman–Crippen LogP) is 1.26. The third-order valence-electron chi connectivity index (χ3n) is 5.17. The SMILES string of the molecule is NCCc1ccc(-c2cccc3c2C(=O)N(C2CCC(=O)NC2=O)C3=O)cc1. The number of carbonyl (C=O) groups excluding carboxylic acids is 4. The molecule has 0 radical (unpaired) electrons. The number of fused-ring (bicyclic) bond motifs is 1. The molecule has 28 heavy (non-hydrogen) atoms. The fourth-order valence-electron chi connectivity index (χ4n) is 3.77. The van der Waals surface area contributed by atoms with Crippen molar-refractivity contribution in [2.45, 2.75) is 25.3 Å². The molecule has 1 saturated heterocycles. The van der Waals surface area contributed by atoms with E-state index in [1.807, 2.05) is 24.3 Å². The van der Waals surface area contributed by atoms with Crippen LogP contribution in [-0.2, 0) is 16.0 Å². The summed E-state index contributed by atoms with van der Waals surface area (Å²) in [7, 11) is 0. The first kappa shape index (κ1) is 18.1. The van der Waals surface area contributed by atoms with Crippen LogP contribution in [0.1, 0.15) is 39.1 Å². The normalized spacial score (nSPS) is 19.0. The minimum Gasteiger partial charge on any atom is -0.330 e. The van der Waals surface area contributed by atoms with Crippen molar-refractivity contribution in [3.05, 3.63) is 59.2 Å². The highest BCUT2D eigenvalue weighted by atomic mass is 16.2. The molecule has 7 nitrogen and oxygen atoms in total. The summed E-state index contributed by atoms with van der Waals surface area (Å²) in [5.41, 5.74) is 8.69. The molecule has 2 aromatic rings. The van der Waals surface area contributed by atoms with Crippen LogP contribution in [-0.4, -0.2) is 41.1 Å². The molecule has 0 aromatic heterocycles. The number of rotatable bonds is 4. The Balaban J connectivity index is 1.72. The number of hydrogen-bond acceptors (Lipinski definition) is 5. The van der Waals surface area contributed by atoms with Crippen molar-refractivity contribution in [2.24, 2.45) is 5.73 Å². The van der Waals surface area contributed by atoms with E-state index in [1.165, 1.54) is 0 Å². The molecule has 2 aliphatic heterocycles. The lowest BCUT2D eigenvalue weighted by Gasteiger charge is -2.27. The molecule has 0 bridgehead atoms. The van der Waals surface area contributed by atoms with Crippen LogP contribution in [0.5, 0.6) is 0 Å². The average Bonchev–Trinajstić information content (AvgIpc) is 2.94. The Kier molecular flexibility index (Phi) is 4.52. The molecule has 2 aliphatic rings. The van der Waals surface area contributed by atoms with Crippen molar-refractivity contribution in [3.63, 3.8) is 0 Å². The van der Waals surface area contributed by atoms with Gasteiger partial charge in [-0.05, 0) is 42.1 Å². The zero-order valence-electron chi connectivity index (χ0n) is 15.1. The lowest BCUT2D eigenvalue weighted by molar-refractivity contribution is -0.136. The van der Waals surface area contributed by atoms with Gasteiger partial charge in [-0.1, -0.05) is 36.4 Å². The molecule has 4 rings (SSSR count). The van der Waals surface area contributed by atoms with Gasteiger partial charge in [0.05, 0.1) is 11.1 Å². The van der Waals surface area contributed by atoms with Crippen molar-refractivity contribution in [2.75, 3.05) is 6.54 Å². The van der Waals surface area contributed by atoms with E-state index in [9.17, 15) is 19.2 Å². The zero-order valence-corrected chi connectivity index (χ0v) is 15.1. The van der Waals surface area contributed by atoms with E-state index >= 15 is 0 Å². The van der Waals surface area contributed by atoms with E-state index < -0.39 is 29.7 Å². The molecule has 2 aromatic carbocycles. The highest BCUT2D eigenvalue weighted by molar-refractivity contribution is 6.25. The third-order valence-corrected chi connectivity index (χ3v) is 5.17. The lowest BCUT2D eigenvalue weighted by Crippen LogP contribution is -2.54. The summed E-state index contributed by atoms with van der Waals surface area (Å²) in [5.74, 6) is -2.01. The summed E-state index contributed by atoms with van der Waals surface area (Å²) in [6.45, 7) is 0.550. The number of nitrogens with one attached hydrogen (secondary N) is 1. The third kappa shape index (κ3) is 2.90. The number of hydrogen-bond donors (Lipinski definition) is 2. The molecule has 1 fully saturated rings. The van der Waals surface area contributed by atoms with Gasteiger partial charge in [0.15, 0.2) is 0 Å². The number of amides is 4. The number of nitrogens with zero attached hydrogens (tertiary/aromatic N) is 1. The van der Waals surface area contributed by atoms with Crippen LogP contribution in [0.3, 0.4) is 0 Å². The smallest absolute Gasteiger partial charge is 0.262 e. The number of imide groups is 2. The first-order valence-electron chi connectivity index (χ1n) is 9.15. The van der Waals surface area contributed by atoms with Crippen molar-refractivity contribution < 1.29 is 19.2 Å². The van der Waals surface area contributed by atoms with E-state index in [2.05, 4.69) is 5.32 Å². The van der Waals surface area contributed by atoms with Crippen LogP contribution in [0, 0.1) is 0 Å². The molecule has 1 atom stereocenters. The number of benzene rings is 2. The molecule has 7 heteroatoms. The average molecular weight is 377 g/mol. The molecule has 4 amide bonds. The van der Waals surface area contributed by atoms with Gasteiger partial charge in [0.2, 0.25) is 11.8 Å². The van der Waals surface area contributed by atoms with Crippen LogP contribution in [0.15, 0.2) is 42.5 Å². The molecule has 0 aliphatic carbocycles. The monoisotopic (exact) mass is 377 g/mol. The maximum atomic E-state index is 13.1. The Morgan fingerprint density at radius 2 is 1.68 bits per heavy atom. The zero-order chi connectivity index (χ0) is 19.8. The first-order chi connectivity index (χ1) is 13.5. The lowest BCUT2D eigenvalue weighted by atomic mass is 9.95. The Hall–Kier alpha value is -3.32.